The number of carbonyl (C=O) groups is 2. The van der Waals surface area contributed by atoms with E-state index in [4.69, 9.17) is 16.2 Å². The number of likely N-dealkylation sites (N-methyl/N-ethyl adjacent to an activating group) is 1. The van der Waals surface area contributed by atoms with Crippen LogP contribution < -0.4 is 0 Å². The number of carbonyl (C=O) groups excluding carboxylic acids is 2. The summed E-state index contributed by atoms with van der Waals surface area (Å²) in [6.07, 6.45) is 16.4. The third kappa shape index (κ3) is 2.51. The number of hydrogen-bond acceptors (Lipinski definition) is 5. The lowest BCUT2D eigenvalue weighted by Crippen LogP contribution is -2.70. The van der Waals surface area contributed by atoms with Gasteiger partial charge in [-0.3, -0.25) is 14.6 Å². The Bertz CT molecular complexity index is 1330. The maximum absolute atomic E-state index is 13.5. The lowest BCUT2D eigenvalue weighted by atomic mass is 9.34. The normalized spacial score (nSPS) is 46.6. The number of hydrogen-bond donors (Lipinski definition) is 0. The van der Waals surface area contributed by atoms with Gasteiger partial charge in [0.05, 0.1) is 23.7 Å². The van der Waals surface area contributed by atoms with Crippen molar-refractivity contribution >= 4 is 17.6 Å². The molecule has 1 spiro atoms. The van der Waals surface area contributed by atoms with Crippen molar-refractivity contribution in [2.24, 2.45) is 38.0 Å². The van der Waals surface area contributed by atoms with Gasteiger partial charge in [0.15, 0.2) is 0 Å². The van der Waals surface area contributed by atoms with Crippen LogP contribution in [-0.4, -0.2) is 48.2 Å². The average molecular weight is 500 g/mol. The SMILES string of the molecule is C#C[C@@]12CC[C@H]3N(C)C(=O)C(C#N)=C[C@]3(C)C1=CC1=N[C@]13C1CC(C)(C)CC[C@]1(C(=O)OC)CC[C@@]23C. The molecule has 4 aliphatic carbocycles. The fourth-order valence-corrected chi connectivity index (χ4v) is 9.80. The predicted octanol–water partition coefficient (Wildman–Crippen LogP) is 4.62. The number of fused-ring (bicyclic) bond motifs is 5. The maximum atomic E-state index is 13.5. The van der Waals surface area contributed by atoms with E-state index in [1.54, 1.807) is 11.9 Å². The molecule has 6 nitrogen and oxygen atoms in total. The Morgan fingerprint density at radius 2 is 1.89 bits per heavy atom. The van der Waals surface area contributed by atoms with Crippen molar-refractivity contribution < 1.29 is 14.3 Å². The van der Waals surface area contributed by atoms with Crippen LogP contribution in [0.2, 0.25) is 0 Å². The standard InChI is InChI=1S/C31H37N3O3/c1-8-30-10-9-23-27(4,16-19(18-32)24(35)34(23)6)20(30)15-22-31(33-22)21-17-26(2,3)11-13-29(21,25(36)37-7)14-12-28(30,31)5/h1,15-16,21,23H,9-14,17H2,2-7H3/t21?,23-,27-,28+,29+,30-,31-/m1/s1. The second-order valence-corrected chi connectivity index (χ2v) is 13.7. The summed E-state index contributed by atoms with van der Waals surface area (Å²) in [6.45, 7) is 9.06. The fraction of sp³-hybridized carbons (Fsp3) is 0.677. The van der Waals surface area contributed by atoms with Gasteiger partial charge in [-0.15, -0.1) is 6.42 Å². The highest BCUT2D eigenvalue weighted by atomic mass is 16.5. The highest BCUT2D eigenvalue weighted by Gasteiger charge is 2.81. The monoisotopic (exact) mass is 499 g/mol. The fourth-order valence-electron chi connectivity index (χ4n) is 9.80. The number of esters is 1. The molecule has 6 rings (SSSR count). The molecule has 37 heavy (non-hydrogen) atoms. The molecular weight excluding hydrogens is 462 g/mol. The van der Waals surface area contributed by atoms with Gasteiger partial charge in [-0.1, -0.05) is 33.6 Å². The number of amides is 1. The Morgan fingerprint density at radius 3 is 2.54 bits per heavy atom. The number of methoxy groups -OCH3 is 1. The van der Waals surface area contributed by atoms with Crippen LogP contribution in [0.3, 0.4) is 0 Å². The van der Waals surface area contributed by atoms with Gasteiger partial charge in [0.1, 0.15) is 17.2 Å². The lowest BCUT2D eigenvalue weighted by Gasteiger charge is -2.67. The summed E-state index contributed by atoms with van der Waals surface area (Å²) in [4.78, 5) is 33.4. The molecule has 2 aliphatic heterocycles. The molecule has 2 heterocycles. The van der Waals surface area contributed by atoms with Crippen LogP contribution in [0.25, 0.3) is 0 Å². The molecule has 0 bridgehead atoms. The second kappa shape index (κ2) is 6.96. The molecule has 0 radical (unpaired) electrons. The predicted molar refractivity (Wildman–Crippen MR) is 140 cm³/mol. The van der Waals surface area contributed by atoms with E-state index in [2.05, 4.69) is 45.8 Å². The molecule has 0 aromatic carbocycles. The minimum atomic E-state index is -0.579. The zero-order chi connectivity index (χ0) is 26.8. The van der Waals surface area contributed by atoms with E-state index in [1.165, 1.54) is 7.11 Å². The number of rotatable bonds is 1. The summed E-state index contributed by atoms with van der Waals surface area (Å²) < 4.78 is 5.46. The Labute approximate surface area is 220 Å². The first-order chi connectivity index (χ1) is 17.3. The molecule has 0 aromatic heterocycles. The van der Waals surface area contributed by atoms with Crippen molar-refractivity contribution in [2.75, 3.05) is 14.2 Å². The van der Waals surface area contributed by atoms with Gasteiger partial charge in [0.2, 0.25) is 0 Å². The number of nitrogens with zero attached hydrogens (tertiary/aromatic N) is 3. The second-order valence-electron chi connectivity index (χ2n) is 13.7. The highest BCUT2D eigenvalue weighted by Crippen LogP contribution is 2.78. The van der Waals surface area contributed by atoms with Crippen molar-refractivity contribution in [1.82, 2.24) is 4.90 Å². The summed E-state index contributed by atoms with van der Waals surface area (Å²) in [7, 11) is 3.32. The first-order valence-electron chi connectivity index (χ1n) is 13.6. The van der Waals surface area contributed by atoms with Gasteiger partial charge in [-0.25, -0.2) is 0 Å². The van der Waals surface area contributed by atoms with Crippen LogP contribution >= 0.6 is 0 Å². The molecular formula is C31H37N3O3. The molecule has 6 heteroatoms. The first kappa shape index (κ1) is 24.5. The zero-order valence-electron chi connectivity index (χ0n) is 22.9. The van der Waals surface area contributed by atoms with Gasteiger partial charge in [0.25, 0.3) is 5.91 Å². The Kier molecular flexibility index (Phi) is 4.60. The average Bonchev–Trinajstić information content (AvgIpc) is 3.61. The largest absolute Gasteiger partial charge is 0.469 e. The minimum absolute atomic E-state index is 0.0410. The van der Waals surface area contributed by atoms with Crippen LogP contribution in [-0.2, 0) is 14.3 Å². The van der Waals surface area contributed by atoms with E-state index < -0.39 is 21.8 Å². The smallest absolute Gasteiger partial charge is 0.312 e. The zero-order valence-corrected chi connectivity index (χ0v) is 22.9. The molecule has 0 N–H and O–H groups in total. The van der Waals surface area contributed by atoms with E-state index in [9.17, 15) is 14.9 Å². The molecule has 1 amide bonds. The molecule has 3 saturated carbocycles. The Morgan fingerprint density at radius 1 is 1.19 bits per heavy atom. The molecule has 194 valence electrons. The summed E-state index contributed by atoms with van der Waals surface area (Å²) in [6, 6.07) is 2.07. The van der Waals surface area contributed by atoms with Crippen LogP contribution in [0, 0.1) is 56.7 Å². The van der Waals surface area contributed by atoms with Gasteiger partial charge in [0, 0.05) is 29.8 Å². The van der Waals surface area contributed by atoms with E-state index in [-0.39, 0.29) is 40.2 Å². The third-order valence-corrected chi connectivity index (χ3v) is 11.9. The molecule has 3 fully saturated rings. The van der Waals surface area contributed by atoms with Crippen LogP contribution in [0.1, 0.15) is 72.6 Å². The van der Waals surface area contributed by atoms with Gasteiger partial charge in [-0.05, 0) is 68.1 Å². The third-order valence-electron chi connectivity index (χ3n) is 11.9. The minimum Gasteiger partial charge on any atom is -0.469 e. The van der Waals surface area contributed by atoms with Crippen molar-refractivity contribution in [2.45, 2.75) is 84.2 Å². The van der Waals surface area contributed by atoms with Crippen molar-refractivity contribution in [3.63, 3.8) is 0 Å². The van der Waals surface area contributed by atoms with E-state index in [0.717, 1.165) is 56.2 Å². The van der Waals surface area contributed by atoms with Crippen molar-refractivity contribution in [3.05, 3.63) is 23.3 Å². The highest BCUT2D eigenvalue weighted by molar-refractivity contribution is 6.17. The van der Waals surface area contributed by atoms with Crippen LogP contribution in [0.4, 0.5) is 0 Å². The Balaban J connectivity index is 1.57. The van der Waals surface area contributed by atoms with Gasteiger partial charge >= 0.3 is 5.97 Å². The quantitative estimate of drug-likeness (QED) is 0.389. The molecule has 0 aromatic rings. The molecule has 1 unspecified atom stereocenters. The summed E-state index contributed by atoms with van der Waals surface area (Å²) in [5.74, 6) is 3.05. The van der Waals surface area contributed by atoms with E-state index >= 15 is 0 Å². The van der Waals surface area contributed by atoms with Crippen LogP contribution in [0.15, 0.2) is 28.3 Å². The van der Waals surface area contributed by atoms with E-state index in [1.807, 2.05) is 6.08 Å². The summed E-state index contributed by atoms with van der Waals surface area (Å²) >= 11 is 0. The van der Waals surface area contributed by atoms with E-state index in [0.29, 0.717) is 0 Å². The van der Waals surface area contributed by atoms with Crippen molar-refractivity contribution in [3.8, 4) is 18.4 Å². The Hall–Kier alpha value is -2.86. The molecule has 7 atom stereocenters. The number of nitriles is 1. The van der Waals surface area contributed by atoms with Crippen LogP contribution in [0.5, 0.6) is 0 Å². The lowest BCUT2D eigenvalue weighted by molar-refractivity contribution is -0.178. The number of terminal acetylenes is 1. The first-order valence-corrected chi connectivity index (χ1v) is 13.6. The van der Waals surface area contributed by atoms with Crippen molar-refractivity contribution in [1.29, 1.82) is 5.26 Å². The summed E-state index contributed by atoms with van der Waals surface area (Å²) in [5, 5.41) is 9.79. The van der Waals surface area contributed by atoms with Gasteiger partial charge in [-0.2, -0.15) is 5.26 Å². The molecule has 0 saturated heterocycles. The number of aliphatic imine (C=N–C) groups is 1. The maximum Gasteiger partial charge on any atom is 0.312 e. The summed E-state index contributed by atoms with van der Waals surface area (Å²) in [5.41, 5.74) is -0.0785. The molecule has 6 aliphatic rings. The van der Waals surface area contributed by atoms with Gasteiger partial charge < -0.3 is 9.64 Å². The number of ether oxygens (including phenoxy) is 1. The topological polar surface area (TPSA) is 82.8 Å².